The molecule has 0 unspecified atom stereocenters. The standard InChI is InChI=1S/C28H34N2O4S/c1-7-34-25-12-14-26(15-13-25)35(32,33)30(24-10-8-19(2)9-11-24)18-28(31)29-23(6)27-17-21(4)20(3)16-22(27)5/h8-17,23H,7,18H2,1-6H3,(H,29,31)/t23-/m1/s1. The molecule has 35 heavy (non-hydrogen) atoms. The van der Waals surface area contributed by atoms with E-state index in [1.165, 1.54) is 17.7 Å². The Morgan fingerprint density at radius 1 is 0.914 bits per heavy atom. The SMILES string of the molecule is CCOc1ccc(S(=O)(=O)N(CC(=O)N[C@H](C)c2cc(C)c(C)cc2C)c2ccc(C)cc2)cc1. The van der Waals surface area contributed by atoms with Crippen molar-refractivity contribution in [3.8, 4) is 5.75 Å². The summed E-state index contributed by atoms with van der Waals surface area (Å²) in [4.78, 5) is 13.2. The van der Waals surface area contributed by atoms with Crippen molar-refractivity contribution in [3.05, 3.63) is 88.5 Å². The Labute approximate surface area is 209 Å². The van der Waals surface area contributed by atoms with Gasteiger partial charge in [0.2, 0.25) is 5.91 Å². The number of hydrogen-bond donors (Lipinski definition) is 1. The summed E-state index contributed by atoms with van der Waals surface area (Å²) < 4.78 is 33.8. The lowest BCUT2D eigenvalue weighted by atomic mass is 9.96. The third kappa shape index (κ3) is 6.22. The van der Waals surface area contributed by atoms with Gasteiger partial charge in [-0.15, -0.1) is 0 Å². The molecule has 0 spiro atoms. The zero-order valence-electron chi connectivity index (χ0n) is 21.3. The molecule has 0 saturated heterocycles. The van der Waals surface area contributed by atoms with E-state index in [2.05, 4.69) is 24.4 Å². The van der Waals surface area contributed by atoms with Gasteiger partial charge in [-0.2, -0.15) is 0 Å². The summed E-state index contributed by atoms with van der Waals surface area (Å²) in [7, 11) is -4.00. The van der Waals surface area contributed by atoms with Crippen LogP contribution in [0.1, 0.15) is 47.7 Å². The lowest BCUT2D eigenvalue weighted by Crippen LogP contribution is -2.41. The predicted molar refractivity (Wildman–Crippen MR) is 141 cm³/mol. The van der Waals surface area contributed by atoms with Gasteiger partial charge in [0, 0.05) is 0 Å². The second kappa shape index (κ2) is 11.0. The minimum Gasteiger partial charge on any atom is -0.494 e. The van der Waals surface area contributed by atoms with Crippen molar-refractivity contribution in [2.75, 3.05) is 17.5 Å². The molecule has 0 heterocycles. The molecule has 6 nitrogen and oxygen atoms in total. The largest absolute Gasteiger partial charge is 0.494 e. The smallest absolute Gasteiger partial charge is 0.264 e. The van der Waals surface area contributed by atoms with Gasteiger partial charge in [-0.3, -0.25) is 9.10 Å². The third-order valence-corrected chi connectivity index (χ3v) is 7.85. The van der Waals surface area contributed by atoms with Crippen LogP contribution in [0.3, 0.4) is 0 Å². The van der Waals surface area contributed by atoms with E-state index in [-0.39, 0.29) is 23.4 Å². The number of carbonyl (C=O) groups excluding carboxylic acids is 1. The first-order valence-electron chi connectivity index (χ1n) is 11.7. The summed E-state index contributed by atoms with van der Waals surface area (Å²) in [6.45, 7) is 12.0. The Balaban J connectivity index is 1.89. The van der Waals surface area contributed by atoms with Crippen LogP contribution in [-0.2, 0) is 14.8 Å². The van der Waals surface area contributed by atoms with E-state index in [1.807, 2.05) is 46.8 Å². The van der Waals surface area contributed by atoms with Crippen LogP contribution in [0.4, 0.5) is 5.69 Å². The minimum atomic E-state index is -4.00. The minimum absolute atomic E-state index is 0.0902. The summed E-state index contributed by atoms with van der Waals surface area (Å²) in [6, 6.07) is 17.2. The fourth-order valence-corrected chi connectivity index (χ4v) is 5.39. The van der Waals surface area contributed by atoms with Crippen LogP contribution < -0.4 is 14.4 Å². The van der Waals surface area contributed by atoms with Gasteiger partial charge in [0.15, 0.2) is 0 Å². The number of nitrogens with one attached hydrogen (secondary N) is 1. The number of aryl methyl sites for hydroxylation is 4. The first-order chi connectivity index (χ1) is 16.5. The number of rotatable bonds is 9. The molecule has 3 aromatic carbocycles. The number of anilines is 1. The van der Waals surface area contributed by atoms with Gasteiger partial charge in [0.05, 0.1) is 23.2 Å². The Kier molecular flexibility index (Phi) is 8.22. The zero-order valence-corrected chi connectivity index (χ0v) is 22.1. The Morgan fingerprint density at radius 2 is 1.51 bits per heavy atom. The number of amides is 1. The second-order valence-electron chi connectivity index (χ2n) is 8.83. The van der Waals surface area contributed by atoms with Crippen LogP contribution in [-0.4, -0.2) is 27.5 Å². The van der Waals surface area contributed by atoms with E-state index in [0.29, 0.717) is 18.0 Å². The molecule has 3 aromatic rings. The Hall–Kier alpha value is -3.32. The average molecular weight is 495 g/mol. The van der Waals surface area contributed by atoms with Crippen molar-refractivity contribution in [1.29, 1.82) is 0 Å². The summed E-state index contributed by atoms with van der Waals surface area (Å²) in [5.74, 6) is 0.203. The number of carbonyl (C=O) groups is 1. The zero-order chi connectivity index (χ0) is 25.8. The number of hydrogen-bond acceptors (Lipinski definition) is 4. The normalized spacial score (nSPS) is 12.2. The van der Waals surface area contributed by atoms with Crippen LogP contribution in [0.2, 0.25) is 0 Å². The molecule has 0 aliphatic heterocycles. The summed E-state index contributed by atoms with van der Waals surface area (Å²) >= 11 is 0. The van der Waals surface area contributed by atoms with E-state index >= 15 is 0 Å². The predicted octanol–water partition coefficient (Wildman–Crippen LogP) is 5.39. The Morgan fingerprint density at radius 3 is 2.11 bits per heavy atom. The second-order valence-corrected chi connectivity index (χ2v) is 10.7. The molecule has 1 amide bonds. The maximum absolute atomic E-state index is 13.6. The summed E-state index contributed by atoms with van der Waals surface area (Å²) in [5, 5.41) is 2.98. The van der Waals surface area contributed by atoms with E-state index < -0.39 is 10.0 Å². The van der Waals surface area contributed by atoms with Gasteiger partial charge < -0.3 is 10.1 Å². The monoisotopic (exact) mass is 494 g/mol. The molecule has 1 atom stereocenters. The van der Waals surface area contributed by atoms with Gasteiger partial charge in [-0.05, 0) is 100 Å². The molecule has 0 saturated carbocycles. The van der Waals surface area contributed by atoms with Crippen LogP contribution in [0.5, 0.6) is 5.75 Å². The maximum Gasteiger partial charge on any atom is 0.264 e. The highest BCUT2D eigenvalue weighted by Crippen LogP contribution is 2.26. The lowest BCUT2D eigenvalue weighted by molar-refractivity contribution is -0.120. The molecule has 0 aliphatic rings. The lowest BCUT2D eigenvalue weighted by Gasteiger charge is -2.26. The van der Waals surface area contributed by atoms with E-state index in [4.69, 9.17) is 4.74 Å². The quantitative estimate of drug-likeness (QED) is 0.433. The molecule has 0 radical (unpaired) electrons. The van der Waals surface area contributed by atoms with Crippen LogP contribution >= 0.6 is 0 Å². The molecular formula is C28H34N2O4S. The van der Waals surface area contributed by atoms with Crippen molar-refractivity contribution in [1.82, 2.24) is 5.32 Å². The van der Waals surface area contributed by atoms with Gasteiger partial charge >= 0.3 is 0 Å². The highest BCUT2D eigenvalue weighted by molar-refractivity contribution is 7.92. The van der Waals surface area contributed by atoms with Gasteiger partial charge in [0.1, 0.15) is 12.3 Å². The van der Waals surface area contributed by atoms with Crippen molar-refractivity contribution in [2.24, 2.45) is 0 Å². The van der Waals surface area contributed by atoms with Crippen molar-refractivity contribution < 1.29 is 17.9 Å². The highest BCUT2D eigenvalue weighted by atomic mass is 32.2. The third-order valence-electron chi connectivity index (χ3n) is 6.06. The van der Waals surface area contributed by atoms with Gasteiger partial charge in [0.25, 0.3) is 10.0 Å². The molecule has 0 aliphatic carbocycles. The molecular weight excluding hydrogens is 460 g/mol. The topological polar surface area (TPSA) is 75.7 Å². The van der Waals surface area contributed by atoms with E-state index in [9.17, 15) is 13.2 Å². The molecule has 0 bridgehead atoms. The van der Waals surface area contributed by atoms with E-state index in [1.54, 1.807) is 24.3 Å². The van der Waals surface area contributed by atoms with Gasteiger partial charge in [-0.25, -0.2) is 8.42 Å². The number of sulfonamides is 1. The first kappa shape index (κ1) is 26.3. The van der Waals surface area contributed by atoms with Crippen molar-refractivity contribution >= 4 is 21.6 Å². The molecule has 186 valence electrons. The van der Waals surface area contributed by atoms with Gasteiger partial charge in [-0.1, -0.05) is 29.8 Å². The molecule has 1 N–H and O–H groups in total. The molecule has 0 aromatic heterocycles. The fourth-order valence-electron chi connectivity index (χ4n) is 3.97. The van der Waals surface area contributed by atoms with Crippen LogP contribution in [0, 0.1) is 27.7 Å². The van der Waals surface area contributed by atoms with Crippen LogP contribution in [0.15, 0.2) is 65.6 Å². The number of ether oxygens (including phenoxy) is 1. The molecule has 0 fully saturated rings. The Bertz CT molecular complexity index is 1280. The fraction of sp³-hybridized carbons (Fsp3) is 0.321. The van der Waals surface area contributed by atoms with E-state index in [0.717, 1.165) is 26.6 Å². The first-order valence-corrected chi connectivity index (χ1v) is 13.2. The summed E-state index contributed by atoms with van der Waals surface area (Å²) in [6.07, 6.45) is 0. The average Bonchev–Trinajstić information content (AvgIpc) is 2.81. The van der Waals surface area contributed by atoms with Crippen molar-refractivity contribution in [2.45, 2.75) is 52.5 Å². The molecule has 7 heteroatoms. The highest BCUT2D eigenvalue weighted by Gasteiger charge is 2.28. The van der Waals surface area contributed by atoms with Crippen LogP contribution in [0.25, 0.3) is 0 Å². The maximum atomic E-state index is 13.6. The van der Waals surface area contributed by atoms with Crippen molar-refractivity contribution in [3.63, 3.8) is 0 Å². The number of benzene rings is 3. The molecule has 3 rings (SSSR count). The number of nitrogens with zero attached hydrogens (tertiary/aromatic N) is 1. The summed E-state index contributed by atoms with van der Waals surface area (Å²) in [5.41, 5.74) is 5.85.